The lowest BCUT2D eigenvalue weighted by molar-refractivity contribution is 0.194. The van der Waals surface area contributed by atoms with Crippen molar-refractivity contribution >= 4 is 17.4 Å². The van der Waals surface area contributed by atoms with Gasteiger partial charge in [-0.2, -0.15) is 0 Å². The average molecular weight is 335 g/mol. The van der Waals surface area contributed by atoms with Crippen molar-refractivity contribution in [1.82, 2.24) is 15.2 Å². The van der Waals surface area contributed by atoms with E-state index in [9.17, 15) is 4.79 Å². The van der Waals surface area contributed by atoms with Crippen LogP contribution in [0.15, 0.2) is 30.5 Å². The van der Waals surface area contributed by atoms with Crippen molar-refractivity contribution in [1.29, 1.82) is 0 Å². The fraction of sp³-hybridized carbons (Fsp3) is 0.375. The summed E-state index contributed by atoms with van der Waals surface area (Å²) >= 11 is 1.48. The smallest absolute Gasteiger partial charge is 0.404 e. The van der Waals surface area contributed by atoms with Crippen LogP contribution in [-0.2, 0) is 6.54 Å². The Morgan fingerprint density at radius 3 is 2.74 bits per heavy atom. The lowest BCUT2D eigenvalue weighted by atomic mass is 10.2. The lowest BCUT2D eigenvalue weighted by Gasteiger charge is -2.10. The van der Waals surface area contributed by atoms with Crippen LogP contribution >= 0.6 is 11.3 Å². The zero-order valence-electron chi connectivity index (χ0n) is 13.3. The summed E-state index contributed by atoms with van der Waals surface area (Å²) in [5.41, 5.74) is 0.997. The van der Waals surface area contributed by atoms with E-state index >= 15 is 0 Å². The highest BCUT2D eigenvalue weighted by Crippen LogP contribution is 2.26. The summed E-state index contributed by atoms with van der Waals surface area (Å²) in [6.07, 6.45) is 1.65. The maximum absolute atomic E-state index is 10.5. The van der Waals surface area contributed by atoms with Crippen LogP contribution in [0.4, 0.5) is 4.79 Å². The number of nitrogens with one attached hydrogen (secondary N) is 1. The number of hydrogen-bond donors (Lipinski definition) is 2. The molecule has 0 unspecified atom stereocenters. The predicted molar refractivity (Wildman–Crippen MR) is 91.1 cm³/mol. The Kier molecular flexibility index (Phi) is 6.37. The molecule has 6 nitrogen and oxygen atoms in total. The van der Waals surface area contributed by atoms with E-state index in [2.05, 4.69) is 15.2 Å². The minimum atomic E-state index is -1.03. The van der Waals surface area contributed by atoms with Crippen molar-refractivity contribution in [3.63, 3.8) is 0 Å². The van der Waals surface area contributed by atoms with Gasteiger partial charge in [0.05, 0.1) is 13.2 Å². The van der Waals surface area contributed by atoms with E-state index in [1.165, 1.54) is 11.3 Å². The van der Waals surface area contributed by atoms with E-state index in [-0.39, 0.29) is 6.54 Å². The molecule has 0 bridgehead atoms. The quantitative estimate of drug-likeness (QED) is 0.726. The Labute approximate surface area is 139 Å². The summed E-state index contributed by atoms with van der Waals surface area (Å²) in [6.45, 7) is 1.98. The first kappa shape index (κ1) is 17.2. The highest BCUT2D eigenvalue weighted by Gasteiger charge is 2.06. The van der Waals surface area contributed by atoms with Crippen molar-refractivity contribution in [2.24, 2.45) is 0 Å². The minimum Gasteiger partial charge on any atom is -0.494 e. The van der Waals surface area contributed by atoms with E-state index in [1.54, 1.807) is 6.20 Å². The molecule has 0 atom stereocenters. The molecule has 0 spiro atoms. The number of carboxylic acid groups (broad SMARTS) is 1. The van der Waals surface area contributed by atoms with Gasteiger partial charge in [-0.15, -0.1) is 11.3 Å². The minimum absolute atomic E-state index is 0.278. The molecule has 124 valence electrons. The molecule has 1 amide bonds. The van der Waals surface area contributed by atoms with Crippen molar-refractivity contribution < 1.29 is 14.6 Å². The molecule has 23 heavy (non-hydrogen) atoms. The van der Waals surface area contributed by atoms with E-state index in [0.717, 1.165) is 34.2 Å². The topological polar surface area (TPSA) is 74.7 Å². The Morgan fingerprint density at radius 2 is 2.09 bits per heavy atom. The molecule has 0 radical (unpaired) electrons. The van der Waals surface area contributed by atoms with Crippen LogP contribution < -0.4 is 10.1 Å². The van der Waals surface area contributed by atoms with Crippen LogP contribution in [-0.4, -0.2) is 48.3 Å². The number of hydrogen-bond acceptors (Lipinski definition) is 5. The molecule has 0 aliphatic carbocycles. The second kappa shape index (κ2) is 8.50. The standard InChI is InChI=1S/C16H21N3O3S/c1-19(2)8-3-9-22-13-6-4-12(5-7-13)15-17-10-14(23-15)11-18-16(20)21/h4-7,10,18H,3,8-9,11H2,1-2H3,(H,20,21). The first-order chi connectivity index (χ1) is 11.0. The Hall–Kier alpha value is -2.12. The van der Waals surface area contributed by atoms with Crippen molar-refractivity contribution in [3.8, 4) is 16.3 Å². The number of ether oxygens (including phenoxy) is 1. The zero-order chi connectivity index (χ0) is 16.7. The number of carbonyl (C=O) groups is 1. The lowest BCUT2D eigenvalue weighted by Crippen LogP contribution is -2.19. The highest BCUT2D eigenvalue weighted by molar-refractivity contribution is 7.15. The van der Waals surface area contributed by atoms with Gasteiger partial charge in [-0.25, -0.2) is 9.78 Å². The monoisotopic (exact) mass is 335 g/mol. The summed E-state index contributed by atoms with van der Waals surface area (Å²) in [6, 6.07) is 7.80. The highest BCUT2D eigenvalue weighted by atomic mass is 32.1. The third-order valence-corrected chi connectivity index (χ3v) is 4.13. The van der Waals surface area contributed by atoms with E-state index in [1.807, 2.05) is 38.4 Å². The number of benzene rings is 1. The van der Waals surface area contributed by atoms with E-state index in [4.69, 9.17) is 9.84 Å². The van der Waals surface area contributed by atoms with Gasteiger partial charge in [-0.05, 0) is 44.8 Å². The third kappa shape index (κ3) is 5.88. The molecule has 0 fully saturated rings. The second-order valence-electron chi connectivity index (χ2n) is 5.32. The number of nitrogens with zero attached hydrogens (tertiary/aromatic N) is 2. The number of rotatable bonds is 8. The van der Waals surface area contributed by atoms with Gasteiger partial charge in [0.2, 0.25) is 0 Å². The molecule has 1 aromatic heterocycles. The van der Waals surface area contributed by atoms with Crippen LogP contribution in [0.3, 0.4) is 0 Å². The van der Waals surface area contributed by atoms with Gasteiger partial charge in [0.15, 0.2) is 0 Å². The van der Waals surface area contributed by atoms with Gasteiger partial charge in [0, 0.05) is 23.2 Å². The van der Waals surface area contributed by atoms with Crippen molar-refractivity contribution in [2.45, 2.75) is 13.0 Å². The van der Waals surface area contributed by atoms with Gasteiger partial charge < -0.3 is 20.1 Å². The maximum atomic E-state index is 10.5. The molecule has 0 saturated carbocycles. The van der Waals surface area contributed by atoms with Crippen LogP contribution in [0.5, 0.6) is 5.75 Å². The van der Waals surface area contributed by atoms with Crippen LogP contribution in [0, 0.1) is 0 Å². The number of thiazole rings is 1. The zero-order valence-corrected chi connectivity index (χ0v) is 14.1. The van der Waals surface area contributed by atoms with E-state index in [0.29, 0.717) is 6.61 Å². The Balaban J connectivity index is 1.88. The molecule has 2 rings (SSSR count). The fourth-order valence-electron chi connectivity index (χ4n) is 1.95. The summed E-state index contributed by atoms with van der Waals surface area (Å²) in [5, 5.41) is 11.8. The van der Waals surface area contributed by atoms with Gasteiger partial charge in [0.1, 0.15) is 10.8 Å². The third-order valence-electron chi connectivity index (χ3n) is 3.09. The summed E-state index contributed by atoms with van der Waals surface area (Å²) in [5.74, 6) is 0.844. The number of aromatic nitrogens is 1. The molecule has 0 aliphatic heterocycles. The van der Waals surface area contributed by atoms with Crippen molar-refractivity contribution in [3.05, 3.63) is 35.3 Å². The van der Waals surface area contributed by atoms with Gasteiger partial charge in [0.25, 0.3) is 0 Å². The molecule has 2 N–H and O–H groups in total. The molecular formula is C16H21N3O3S. The molecule has 0 saturated heterocycles. The fourth-order valence-corrected chi connectivity index (χ4v) is 2.81. The molecule has 1 aromatic carbocycles. The number of amides is 1. The molecular weight excluding hydrogens is 314 g/mol. The Bertz CT molecular complexity index is 626. The predicted octanol–water partition coefficient (Wildman–Crippen LogP) is 2.91. The largest absolute Gasteiger partial charge is 0.494 e. The normalized spacial score (nSPS) is 10.7. The molecule has 7 heteroatoms. The van der Waals surface area contributed by atoms with Crippen molar-refractivity contribution in [2.75, 3.05) is 27.2 Å². The Morgan fingerprint density at radius 1 is 1.35 bits per heavy atom. The summed E-state index contributed by atoms with van der Waals surface area (Å²) in [4.78, 5) is 17.8. The summed E-state index contributed by atoms with van der Waals surface area (Å²) in [7, 11) is 4.09. The van der Waals surface area contributed by atoms with Crippen LogP contribution in [0.25, 0.3) is 10.6 Å². The van der Waals surface area contributed by atoms with E-state index < -0.39 is 6.09 Å². The molecule has 2 aromatic rings. The summed E-state index contributed by atoms with van der Waals surface area (Å²) < 4.78 is 5.70. The first-order valence-electron chi connectivity index (χ1n) is 7.34. The van der Waals surface area contributed by atoms with Gasteiger partial charge in [-0.3, -0.25) is 0 Å². The molecule has 0 aliphatic rings. The SMILES string of the molecule is CN(C)CCCOc1ccc(-c2ncc(CNC(=O)O)s2)cc1. The first-order valence-corrected chi connectivity index (χ1v) is 8.15. The van der Waals surface area contributed by atoms with Crippen LogP contribution in [0.1, 0.15) is 11.3 Å². The van der Waals surface area contributed by atoms with Gasteiger partial charge in [-0.1, -0.05) is 0 Å². The van der Waals surface area contributed by atoms with Crippen LogP contribution in [0.2, 0.25) is 0 Å². The van der Waals surface area contributed by atoms with Gasteiger partial charge >= 0.3 is 6.09 Å². The second-order valence-corrected chi connectivity index (χ2v) is 6.44. The molecule has 1 heterocycles. The maximum Gasteiger partial charge on any atom is 0.404 e. The average Bonchev–Trinajstić information content (AvgIpc) is 2.99.